The third kappa shape index (κ3) is 3.45. The van der Waals surface area contributed by atoms with Crippen LogP contribution < -0.4 is 11.1 Å². The molecule has 6 nitrogen and oxygen atoms in total. The summed E-state index contributed by atoms with van der Waals surface area (Å²) in [5, 5.41) is 2.89. The van der Waals surface area contributed by atoms with Gasteiger partial charge in [-0.2, -0.15) is 0 Å². The molecule has 3 atom stereocenters. The van der Waals surface area contributed by atoms with Gasteiger partial charge in [-0.3, -0.25) is 14.5 Å². The maximum Gasteiger partial charge on any atom is 0.251 e. The number of amides is 2. The van der Waals surface area contributed by atoms with Crippen molar-refractivity contribution in [2.24, 2.45) is 22.1 Å². The minimum Gasteiger partial charge on any atom is -0.369 e. The van der Waals surface area contributed by atoms with Crippen molar-refractivity contribution in [1.82, 2.24) is 10.2 Å². The standard InChI is InChI=1S/C25H29FN4O2/c1-5-25-20(24(25,3)4)22(32)30(23(27)29-25)14-16-11-18(13-19(26)12-16)21(31)28-15(2)17-9-7-6-8-10-17/h6-13,15,20H,5,14H2,1-4H3,(H2,27,29)(H,28,31). The molecule has 2 amide bonds. The Bertz CT molecular complexity index is 1100. The van der Waals surface area contributed by atoms with E-state index in [4.69, 9.17) is 5.73 Å². The van der Waals surface area contributed by atoms with Crippen molar-refractivity contribution in [3.8, 4) is 0 Å². The molecule has 1 heterocycles. The van der Waals surface area contributed by atoms with Crippen LogP contribution in [0.3, 0.4) is 0 Å². The van der Waals surface area contributed by atoms with Crippen LogP contribution in [0.2, 0.25) is 0 Å². The number of fused-ring (bicyclic) bond motifs is 1. The van der Waals surface area contributed by atoms with E-state index in [-0.39, 0.29) is 47.3 Å². The normalized spacial score (nSPS) is 24.4. The zero-order chi connectivity index (χ0) is 23.3. The van der Waals surface area contributed by atoms with Crippen LogP contribution in [-0.2, 0) is 11.3 Å². The summed E-state index contributed by atoms with van der Waals surface area (Å²) in [4.78, 5) is 32.0. The minimum atomic E-state index is -0.547. The molecule has 168 valence electrons. The lowest BCUT2D eigenvalue weighted by atomic mass is 10.0. The topological polar surface area (TPSA) is 87.8 Å². The number of benzene rings is 2. The molecule has 0 bridgehead atoms. The van der Waals surface area contributed by atoms with Crippen molar-refractivity contribution in [2.45, 2.75) is 52.2 Å². The van der Waals surface area contributed by atoms with Gasteiger partial charge in [0.25, 0.3) is 5.91 Å². The molecule has 1 saturated carbocycles. The van der Waals surface area contributed by atoms with Gasteiger partial charge in [0.05, 0.1) is 24.0 Å². The van der Waals surface area contributed by atoms with Gasteiger partial charge in [-0.25, -0.2) is 9.38 Å². The van der Waals surface area contributed by atoms with Crippen molar-refractivity contribution in [3.05, 3.63) is 71.0 Å². The van der Waals surface area contributed by atoms with Gasteiger partial charge in [0.2, 0.25) is 5.91 Å². The Morgan fingerprint density at radius 1 is 1.25 bits per heavy atom. The van der Waals surface area contributed by atoms with Gasteiger partial charge in [-0.1, -0.05) is 51.1 Å². The summed E-state index contributed by atoms with van der Waals surface area (Å²) in [5.74, 6) is -1.13. The largest absolute Gasteiger partial charge is 0.369 e. The van der Waals surface area contributed by atoms with E-state index >= 15 is 0 Å². The maximum absolute atomic E-state index is 14.4. The average Bonchev–Trinajstić information content (AvgIpc) is 3.26. The molecular formula is C25H29FN4O2. The third-order valence-corrected chi connectivity index (χ3v) is 7.08. The second-order valence-corrected chi connectivity index (χ2v) is 9.28. The summed E-state index contributed by atoms with van der Waals surface area (Å²) in [6, 6.07) is 13.4. The Labute approximate surface area is 187 Å². The summed E-state index contributed by atoms with van der Waals surface area (Å²) >= 11 is 0. The van der Waals surface area contributed by atoms with Crippen molar-refractivity contribution in [2.75, 3.05) is 0 Å². The van der Waals surface area contributed by atoms with Gasteiger partial charge in [0.1, 0.15) is 5.82 Å². The molecule has 32 heavy (non-hydrogen) atoms. The highest BCUT2D eigenvalue weighted by atomic mass is 19.1. The smallest absolute Gasteiger partial charge is 0.251 e. The number of nitrogens with one attached hydrogen (secondary N) is 1. The second kappa shape index (κ2) is 7.73. The van der Waals surface area contributed by atoms with Gasteiger partial charge in [0, 0.05) is 11.0 Å². The van der Waals surface area contributed by atoms with E-state index in [1.165, 1.54) is 17.0 Å². The first kappa shape index (κ1) is 22.0. The van der Waals surface area contributed by atoms with Crippen LogP contribution in [0.5, 0.6) is 0 Å². The first-order valence-corrected chi connectivity index (χ1v) is 10.9. The molecular weight excluding hydrogens is 407 g/mol. The first-order valence-electron chi connectivity index (χ1n) is 10.9. The van der Waals surface area contributed by atoms with Crippen molar-refractivity contribution >= 4 is 17.8 Å². The van der Waals surface area contributed by atoms with E-state index in [9.17, 15) is 14.0 Å². The van der Waals surface area contributed by atoms with E-state index in [0.717, 1.165) is 12.0 Å². The minimum absolute atomic E-state index is 0.0623. The Morgan fingerprint density at radius 3 is 2.59 bits per heavy atom. The lowest BCUT2D eigenvalue weighted by Crippen LogP contribution is -2.47. The van der Waals surface area contributed by atoms with E-state index in [2.05, 4.69) is 10.3 Å². The van der Waals surface area contributed by atoms with E-state index in [1.807, 2.05) is 58.0 Å². The molecule has 0 saturated heterocycles. The summed E-state index contributed by atoms with van der Waals surface area (Å²) in [7, 11) is 0. The highest BCUT2D eigenvalue weighted by Crippen LogP contribution is 2.67. The first-order chi connectivity index (χ1) is 15.1. The van der Waals surface area contributed by atoms with E-state index < -0.39 is 11.4 Å². The second-order valence-electron chi connectivity index (χ2n) is 9.28. The molecule has 3 N–H and O–H groups in total. The zero-order valence-electron chi connectivity index (χ0n) is 18.9. The molecule has 1 fully saturated rings. The SMILES string of the molecule is CCC12N=C(N)N(Cc3cc(F)cc(C(=O)NC(C)c4ccccc4)c3)C(=O)C1C2(C)C. The molecule has 1 aliphatic heterocycles. The molecule has 1 aliphatic carbocycles. The predicted molar refractivity (Wildman–Crippen MR) is 121 cm³/mol. The fourth-order valence-corrected chi connectivity index (χ4v) is 5.14. The van der Waals surface area contributed by atoms with Crippen LogP contribution in [0.15, 0.2) is 53.5 Å². The van der Waals surface area contributed by atoms with Crippen LogP contribution in [0.4, 0.5) is 4.39 Å². The molecule has 0 aromatic heterocycles. The number of carbonyl (C=O) groups excluding carboxylic acids is 2. The van der Waals surface area contributed by atoms with Crippen LogP contribution in [0, 0.1) is 17.2 Å². The number of halogens is 1. The number of aliphatic imine (C=N–C) groups is 1. The molecule has 2 aromatic carbocycles. The number of nitrogens with two attached hydrogens (primary N) is 1. The van der Waals surface area contributed by atoms with Crippen LogP contribution in [-0.4, -0.2) is 28.2 Å². The number of hydrogen-bond acceptors (Lipinski definition) is 4. The number of hydrogen-bond donors (Lipinski definition) is 2. The van der Waals surface area contributed by atoms with Gasteiger partial charge >= 0.3 is 0 Å². The number of guanidine groups is 1. The van der Waals surface area contributed by atoms with Gasteiger partial charge in [-0.15, -0.1) is 0 Å². The van der Waals surface area contributed by atoms with Gasteiger partial charge < -0.3 is 11.1 Å². The molecule has 0 spiro atoms. The van der Waals surface area contributed by atoms with Crippen molar-refractivity contribution in [1.29, 1.82) is 0 Å². The van der Waals surface area contributed by atoms with Gasteiger partial charge in [-0.05, 0) is 42.7 Å². The molecule has 2 aliphatic rings. The summed E-state index contributed by atoms with van der Waals surface area (Å²) in [6.45, 7) is 7.99. The Morgan fingerprint density at radius 2 is 1.94 bits per heavy atom. The third-order valence-electron chi connectivity index (χ3n) is 7.08. The highest BCUT2D eigenvalue weighted by molar-refractivity contribution is 6.03. The molecule has 0 radical (unpaired) electrons. The van der Waals surface area contributed by atoms with Crippen LogP contribution >= 0.6 is 0 Å². The number of carbonyl (C=O) groups is 2. The van der Waals surface area contributed by atoms with E-state index in [0.29, 0.717) is 5.56 Å². The molecule has 2 aromatic rings. The van der Waals surface area contributed by atoms with Crippen LogP contribution in [0.1, 0.15) is 61.6 Å². The lowest BCUT2D eigenvalue weighted by molar-refractivity contribution is -0.130. The monoisotopic (exact) mass is 436 g/mol. The number of nitrogens with zero attached hydrogens (tertiary/aromatic N) is 2. The Hall–Kier alpha value is -3.22. The summed E-state index contributed by atoms with van der Waals surface area (Å²) < 4.78 is 14.4. The highest BCUT2D eigenvalue weighted by Gasteiger charge is 2.76. The zero-order valence-corrected chi connectivity index (χ0v) is 18.9. The summed E-state index contributed by atoms with van der Waals surface area (Å²) in [5.41, 5.74) is 7.07. The Balaban J connectivity index is 1.54. The van der Waals surface area contributed by atoms with Crippen LogP contribution in [0.25, 0.3) is 0 Å². The molecule has 3 unspecified atom stereocenters. The predicted octanol–water partition coefficient (Wildman–Crippen LogP) is 3.78. The summed E-state index contributed by atoms with van der Waals surface area (Å²) in [6.07, 6.45) is 0.731. The fourth-order valence-electron chi connectivity index (χ4n) is 5.14. The van der Waals surface area contributed by atoms with Gasteiger partial charge in [0.15, 0.2) is 5.96 Å². The fraction of sp³-hybridized carbons (Fsp3) is 0.400. The number of rotatable bonds is 6. The lowest BCUT2D eigenvalue weighted by Gasteiger charge is -2.28. The maximum atomic E-state index is 14.4. The van der Waals surface area contributed by atoms with E-state index in [1.54, 1.807) is 6.07 Å². The average molecular weight is 437 g/mol. The Kier molecular flexibility index (Phi) is 5.31. The van der Waals surface area contributed by atoms with Crippen molar-refractivity contribution in [3.63, 3.8) is 0 Å². The van der Waals surface area contributed by atoms with Crippen molar-refractivity contribution < 1.29 is 14.0 Å². The molecule has 4 rings (SSSR count). The molecule has 7 heteroatoms. The quantitative estimate of drug-likeness (QED) is 0.722.